The molecule has 6 N–H and O–H groups in total. The summed E-state index contributed by atoms with van der Waals surface area (Å²) in [4.78, 5) is 61.4. The average molecular weight is 554 g/mol. The molecule has 0 spiro atoms. The van der Waals surface area contributed by atoms with E-state index in [2.05, 4.69) is 30.9 Å². The van der Waals surface area contributed by atoms with Crippen LogP contribution >= 0.6 is 11.3 Å². The van der Waals surface area contributed by atoms with Crippen LogP contribution < -0.4 is 21.7 Å². The summed E-state index contributed by atoms with van der Waals surface area (Å²) in [6.07, 6.45) is 0. The molecule has 3 aromatic heterocycles. The number of aromatic amines is 1. The van der Waals surface area contributed by atoms with E-state index in [-0.39, 0.29) is 35.5 Å². The predicted octanol–water partition coefficient (Wildman–Crippen LogP) is 3.20. The van der Waals surface area contributed by atoms with Crippen LogP contribution in [0.15, 0.2) is 78.2 Å². The lowest BCUT2D eigenvalue weighted by Gasteiger charge is -2.08. The number of pyridine rings is 1. The van der Waals surface area contributed by atoms with Gasteiger partial charge < -0.3 is 26.7 Å². The maximum Gasteiger partial charge on any atom is 0.269 e. The minimum atomic E-state index is -0.624. The number of imidazole rings is 1. The molecule has 0 unspecified atom stereocenters. The summed E-state index contributed by atoms with van der Waals surface area (Å²) in [5.74, 6) is -1.24. The molecule has 0 atom stereocenters. The molecule has 3 heterocycles. The molecule has 200 valence electrons. The van der Waals surface area contributed by atoms with Crippen molar-refractivity contribution in [2.24, 2.45) is 5.73 Å². The van der Waals surface area contributed by atoms with Crippen LogP contribution in [0, 0.1) is 0 Å². The first-order valence-electron chi connectivity index (χ1n) is 12.2. The third-order valence-corrected chi connectivity index (χ3v) is 6.79. The summed E-state index contributed by atoms with van der Waals surface area (Å²) in [7, 11) is 0. The van der Waals surface area contributed by atoms with E-state index in [4.69, 9.17) is 5.73 Å². The molecule has 0 saturated carbocycles. The third kappa shape index (κ3) is 5.87. The molecule has 0 aliphatic heterocycles. The second-order valence-electron chi connectivity index (χ2n) is 8.58. The van der Waals surface area contributed by atoms with Crippen LogP contribution in [0.25, 0.3) is 22.6 Å². The second-order valence-corrected chi connectivity index (χ2v) is 9.50. The van der Waals surface area contributed by atoms with Crippen molar-refractivity contribution >= 4 is 51.7 Å². The number of nitrogens with two attached hydrogens (primary N) is 1. The molecule has 0 radical (unpaired) electrons. The van der Waals surface area contributed by atoms with Gasteiger partial charge >= 0.3 is 0 Å². The SMILES string of the molecule is NC(=O)c1sccc1NC(=O)c1ccc(C(=O)NCCNC(=O)c2cccc(-c3nc4ccccc4[nH]3)n2)cc1. The van der Waals surface area contributed by atoms with Crippen molar-refractivity contribution in [1.82, 2.24) is 25.6 Å². The number of H-pyrrole nitrogens is 1. The fourth-order valence-electron chi connectivity index (χ4n) is 3.88. The van der Waals surface area contributed by atoms with Gasteiger partial charge in [-0.2, -0.15) is 0 Å². The summed E-state index contributed by atoms with van der Waals surface area (Å²) < 4.78 is 0. The summed E-state index contributed by atoms with van der Waals surface area (Å²) in [5, 5.41) is 9.76. The number of hydrogen-bond donors (Lipinski definition) is 5. The Labute approximate surface area is 231 Å². The number of anilines is 1. The first-order valence-corrected chi connectivity index (χ1v) is 13.0. The average Bonchev–Trinajstić information content (AvgIpc) is 3.62. The van der Waals surface area contributed by atoms with Crippen molar-refractivity contribution in [2.75, 3.05) is 18.4 Å². The van der Waals surface area contributed by atoms with Crippen LogP contribution in [0.4, 0.5) is 5.69 Å². The Morgan fingerprint density at radius 3 is 2.20 bits per heavy atom. The van der Waals surface area contributed by atoms with Gasteiger partial charge in [0.2, 0.25) is 0 Å². The maximum atomic E-state index is 12.6. The van der Waals surface area contributed by atoms with Gasteiger partial charge in [0, 0.05) is 24.2 Å². The lowest BCUT2D eigenvalue weighted by atomic mass is 10.1. The van der Waals surface area contributed by atoms with Crippen molar-refractivity contribution in [1.29, 1.82) is 0 Å². The van der Waals surface area contributed by atoms with E-state index in [9.17, 15) is 19.2 Å². The van der Waals surface area contributed by atoms with E-state index in [1.807, 2.05) is 24.3 Å². The molecule has 11 nitrogen and oxygen atoms in total. The lowest BCUT2D eigenvalue weighted by Crippen LogP contribution is -2.35. The zero-order valence-corrected chi connectivity index (χ0v) is 21.7. The number of rotatable bonds is 9. The number of carbonyl (C=O) groups excluding carboxylic acids is 4. The van der Waals surface area contributed by atoms with Gasteiger partial charge in [0.05, 0.1) is 16.7 Å². The fourth-order valence-corrected chi connectivity index (χ4v) is 4.58. The zero-order valence-electron chi connectivity index (χ0n) is 20.9. The molecule has 0 aliphatic carbocycles. The third-order valence-electron chi connectivity index (χ3n) is 5.86. The van der Waals surface area contributed by atoms with Crippen LogP contribution in [0.3, 0.4) is 0 Å². The molecule has 12 heteroatoms. The highest BCUT2D eigenvalue weighted by Gasteiger charge is 2.15. The summed E-state index contributed by atoms with van der Waals surface area (Å²) in [6, 6.07) is 20.3. The number of nitrogens with one attached hydrogen (secondary N) is 4. The Hall–Kier alpha value is -5.36. The maximum absolute atomic E-state index is 12.6. The molecule has 0 fully saturated rings. The van der Waals surface area contributed by atoms with Gasteiger partial charge in [0.1, 0.15) is 16.3 Å². The minimum Gasteiger partial charge on any atom is -0.365 e. The summed E-state index contributed by atoms with van der Waals surface area (Å²) in [5.41, 5.74) is 8.74. The quantitative estimate of drug-likeness (QED) is 0.175. The van der Waals surface area contributed by atoms with Crippen molar-refractivity contribution in [3.63, 3.8) is 0 Å². The van der Waals surface area contributed by atoms with E-state index in [0.29, 0.717) is 28.3 Å². The van der Waals surface area contributed by atoms with Gasteiger partial charge in [0.25, 0.3) is 23.6 Å². The number of carbonyl (C=O) groups is 4. The van der Waals surface area contributed by atoms with E-state index in [1.54, 1.807) is 29.6 Å². The fraction of sp³-hybridized carbons (Fsp3) is 0.0714. The van der Waals surface area contributed by atoms with Crippen molar-refractivity contribution < 1.29 is 19.2 Å². The highest BCUT2D eigenvalue weighted by Crippen LogP contribution is 2.22. The topological polar surface area (TPSA) is 172 Å². The normalized spacial score (nSPS) is 10.7. The van der Waals surface area contributed by atoms with E-state index < -0.39 is 11.8 Å². The van der Waals surface area contributed by atoms with Crippen molar-refractivity contribution in [3.05, 3.63) is 99.9 Å². The molecular weight excluding hydrogens is 530 g/mol. The Morgan fingerprint density at radius 1 is 0.775 bits per heavy atom. The van der Waals surface area contributed by atoms with E-state index in [1.165, 1.54) is 24.3 Å². The van der Waals surface area contributed by atoms with Crippen molar-refractivity contribution in [2.45, 2.75) is 0 Å². The van der Waals surface area contributed by atoms with Crippen LogP contribution in [-0.2, 0) is 0 Å². The number of aromatic nitrogens is 3. The second kappa shape index (κ2) is 11.6. The lowest BCUT2D eigenvalue weighted by molar-refractivity contribution is 0.0925. The number of hydrogen-bond acceptors (Lipinski definition) is 7. The molecule has 0 saturated heterocycles. The largest absolute Gasteiger partial charge is 0.365 e. The van der Waals surface area contributed by atoms with Crippen LogP contribution in [-0.4, -0.2) is 51.7 Å². The van der Waals surface area contributed by atoms with Gasteiger partial charge in [-0.05, 0) is 60.0 Å². The molecule has 5 aromatic rings. The number of nitrogens with zero attached hydrogens (tertiary/aromatic N) is 2. The number of primary amides is 1. The van der Waals surface area contributed by atoms with Crippen molar-refractivity contribution in [3.8, 4) is 11.5 Å². The monoisotopic (exact) mass is 553 g/mol. The van der Waals surface area contributed by atoms with Gasteiger partial charge in [0.15, 0.2) is 5.82 Å². The van der Waals surface area contributed by atoms with Crippen LogP contribution in [0.5, 0.6) is 0 Å². The van der Waals surface area contributed by atoms with Gasteiger partial charge in [-0.15, -0.1) is 11.3 Å². The smallest absolute Gasteiger partial charge is 0.269 e. The standard InChI is InChI=1S/C28H23N7O4S/c29-24(36)23-20(12-15-40-23)35-27(38)17-10-8-16(9-11-17)26(37)30-13-14-31-28(39)22-7-3-6-21(32-22)25-33-18-4-1-2-5-19(18)34-25/h1-12,15H,13-14H2,(H2,29,36)(H,30,37)(H,31,39)(H,33,34)(H,35,38). The van der Waals surface area contributed by atoms with Gasteiger partial charge in [-0.1, -0.05) is 18.2 Å². The van der Waals surface area contributed by atoms with Crippen LogP contribution in [0.1, 0.15) is 40.9 Å². The Morgan fingerprint density at radius 2 is 1.48 bits per heavy atom. The van der Waals surface area contributed by atoms with Gasteiger partial charge in [-0.25, -0.2) is 9.97 Å². The van der Waals surface area contributed by atoms with E-state index in [0.717, 1.165) is 22.4 Å². The van der Waals surface area contributed by atoms with E-state index >= 15 is 0 Å². The minimum absolute atomic E-state index is 0.185. The number of benzene rings is 2. The number of fused-ring (bicyclic) bond motifs is 1. The Bertz CT molecular complexity index is 1690. The van der Waals surface area contributed by atoms with Gasteiger partial charge in [-0.3, -0.25) is 19.2 Å². The summed E-state index contributed by atoms with van der Waals surface area (Å²) in [6.45, 7) is 0.370. The number of para-hydroxylation sites is 2. The molecule has 0 bridgehead atoms. The molecule has 4 amide bonds. The zero-order chi connectivity index (χ0) is 28.1. The Balaban J connectivity index is 1.11. The molecule has 5 rings (SSSR count). The first-order chi connectivity index (χ1) is 19.4. The number of thiophene rings is 1. The molecule has 0 aliphatic rings. The highest BCUT2D eigenvalue weighted by atomic mass is 32.1. The molecule has 2 aromatic carbocycles. The Kier molecular flexibility index (Phi) is 7.60. The number of amides is 4. The van der Waals surface area contributed by atoms with Crippen LogP contribution in [0.2, 0.25) is 0 Å². The highest BCUT2D eigenvalue weighted by molar-refractivity contribution is 7.12. The molecule has 40 heavy (non-hydrogen) atoms. The summed E-state index contributed by atoms with van der Waals surface area (Å²) >= 11 is 1.14. The predicted molar refractivity (Wildman–Crippen MR) is 151 cm³/mol. The first kappa shape index (κ1) is 26.3. The molecular formula is C28H23N7O4S.